The van der Waals surface area contributed by atoms with E-state index >= 15 is 0 Å². The first-order chi connectivity index (χ1) is 9.71. The van der Waals surface area contributed by atoms with Crippen LogP contribution in [0.5, 0.6) is 0 Å². The second-order valence-corrected chi connectivity index (χ2v) is 6.62. The van der Waals surface area contributed by atoms with E-state index in [4.69, 9.17) is 5.11 Å². The van der Waals surface area contributed by atoms with Crippen molar-refractivity contribution in [1.82, 2.24) is 4.31 Å². The van der Waals surface area contributed by atoms with Gasteiger partial charge in [0.05, 0.1) is 10.5 Å². The molecule has 0 amide bonds. The van der Waals surface area contributed by atoms with Crippen molar-refractivity contribution >= 4 is 10.0 Å². The molecule has 0 aliphatic heterocycles. The lowest BCUT2D eigenvalue weighted by molar-refractivity contribution is -0.139. The van der Waals surface area contributed by atoms with Gasteiger partial charge in [0.1, 0.15) is 0 Å². The van der Waals surface area contributed by atoms with E-state index in [1.165, 1.54) is 13.1 Å². The highest BCUT2D eigenvalue weighted by Gasteiger charge is 2.37. The SMILES string of the molecule is CN(CCCCCO)S(=O)(=O)c1ccccc1C(F)(F)F. The third kappa shape index (κ3) is 4.69. The van der Waals surface area contributed by atoms with Crippen LogP contribution in [0.3, 0.4) is 0 Å². The molecule has 0 bridgehead atoms. The molecule has 0 radical (unpaired) electrons. The summed E-state index contributed by atoms with van der Waals surface area (Å²) in [6.07, 6.45) is -3.10. The van der Waals surface area contributed by atoms with Gasteiger partial charge in [0.25, 0.3) is 0 Å². The third-order valence-corrected chi connectivity index (χ3v) is 4.93. The van der Waals surface area contributed by atoms with Crippen molar-refractivity contribution in [3.8, 4) is 0 Å². The lowest BCUT2D eigenvalue weighted by Crippen LogP contribution is -2.29. The van der Waals surface area contributed by atoms with Crippen LogP contribution >= 0.6 is 0 Å². The van der Waals surface area contributed by atoms with Gasteiger partial charge in [0, 0.05) is 20.2 Å². The molecule has 0 spiro atoms. The highest BCUT2D eigenvalue weighted by atomic mass is 32.2. The number of aliphatic hydroxyl groups is 1. The standard InChI is InChI=1S/C13H18F3NO3S/c1-17(9-5-2-6-10-18)21(19,20)12-8-4-3-7-11(12)13(14,15)16/h3-4,7-8,18H,2,5-6,9-10H2,1H3. The van der Waals surface area contributed by atoms with Crippen molar-refractivity contribution in [2.75, 3.05) is 20.2 Å². The fraction of sp³-hybridized carbons (Fsp3) is 0.538. The van der Waals surface area contributed by atoms with Crippen molar-refractivity contribution in [3.05, 3.63) is 29.8 Å². The highest BCUT2D eigenvalue weighted by Crippen LogP contribution is 2.34. The van der Waals surface area contributed by atoms with Crippen molar-refractivity contribution in [1.29, 1.82) is 0 Å². The summed E-state index contributed by atoms with van der Waals surface area (Å²) < 4.78 is 64.0. The predicted molar refractivity (Wildman–Crippen MR) is 72.2 cm³/mol. The van der Waals surface area contributed by atoms with Gasteiger partial charge in [-0.1, -0.05) is 12.1 Å². The van der Waals surface area contributed by atoms with E-state index in [2.05, 4.69) is 0 Å². The number of halogens is 3. The number of unbranched alkanes of at least 4 members (excludes halogenated alkanes) is 2. The van der Waals surface area contributed by atoms with Crippen molar-refractivity contribution in [2.45, 2.75) is 30.3 Å². The van der Waals surface area contributed by atoms with E-state index < -0.39 is 26.7 Å². The molecule has 1 aromatic rings. The molecule has 1 N–H and O–H groups in total. The zero-order valence-corrected chi connectivity index (χ0v) is 12.4. The summed E-state index contributed by atoms with van der Waals surface area (Å²) in [7, 11) is -2.94. The molecule has 0 atom stereocenters. The molecule has 0 saturated carbocycles. The van der Waals surface area contributed by atoms with E-state index in [0.29, 0.717) is 19.3 Å². The molecule has 4 nitrogen and oxygen atoms in total. The molecule has 1 rings (SSSR count). The number of alkyl halides is 3. The lowest BCUT2D eigenvalue weighted by Gasteiger charge is -2.20. The number of benzene rings is 1. The Labute approximate surface area is 122 Å². The van der Waals surface area contributed by atoms with Crippen LogP contribution in [0.2, 0.25) is 0 Å². The van der Waals surface area contributed by atoms with Crippen molar-refractivity contribution in [2.24, 2.45) is 0 Å². The Morgan fingerprint density at radius 2 is 1.76 bits per heavy atom. The number of hydrogen-bond acceptors (Lipinski definition) is 3. The van der Waals surface area contributed by atoms with Gasteiger partial charge in [-0.15, -0.1) is 0 Å². The zero-order chi connectivity index (χ0) is 16.1. The Hall–Kier alpha value is -1.12. The number of aliphatic hydroxyl groups excluding tert-OH is 1. The molecule has 0 unspecified atom stereocenters. The predicted octanol–water partition coefficient (Wildman–Crippen LogP) is 2.49. The van der Waals surface area contributed by atoms with E-state index in [1.807, 2.05) is 0 Å². The van der Waals surface area contributed by atoms with Gasteiger partial charge in [-0.3, -0.25) is 0 Å². The largest absolute Gasteiger partial charge is 0.417 e. The fourth-order valence-corrected chi connectivity index (χ4v) is 3.25. The Balaban J connectivity index is 2.98. The molecule has 0 aliphatic rings. The first-order valence-corrected chi connectivity index (χ1v) is 7.88. The van der Waals surface area contributed by atoms with Crippen LogP contribution in [-0.4, -0.2) is 38.0 Å². The molecule has 21 heavy (non-hydrogen) atoms. The first kappa shape index (κ1) is 17.9. The molecule has 120 valence electrons. The molecule has 0 fully saturated rings. The Kier molecular flexibility index (Phi) is 6.18. The van der Waals surface area contributed by atoms with Crippen molar-refractivity contribution < 1.29 is 26.7 Å². The fourth-order valence-electron chi connectivity index (χ4n) is 1.84. The monoisotopic (exact) mass is 325 g/mol. The van der Waals surface area contributed by atoms with E-state index in [0.717, 1.165) is 22.5 Å². The van der Waals surface area contributed by atoms with E-state index in [9.17, 15) is 21.6 Å². The topological polar surface area (TPSA) is 57.6 Å². The van der Waals surface area contributed by atoms with Crippen LogP contribution < -0.4 is 0 Å². The van der Waals surface area contributed by atoms with Gasteiger partial charge in [0.2, 0.25) is 10.0 Å². The maximum Gasteiger partial charge on any atom is 0.417 e. The third-order valence-electron chi connectivity index (χ3n) is 3.01. The van der Waals surface area contributed by atoms with E-state index in [-0.39, 0.29) is 13.2 Å². The number of nitrogens with zero attached hydrogens (tertiary/aromatic N) is 1. The summed E-state index contributed by atoms with van der Waals surface area (Å²) in [6, 6.07) is 4.14. The van der Waals surface area contributed by atoms with Crippen LogP contribution in [-0.2, 0) is 16.2 Å². The van der Waals surface area contributed by atoms with Crippen LogP contribution in [0.15, 0.2) is 29.2 Å². The second-order valence-electron chi connectivity index (χ2n) is 4.60. The first-order valence-electron chi connectivity index (χ1n) is 6.44. The normalized spacial score (nSPS) is 12.9. The quantitative estimate of drug-likeness (QED) is 0.784. The molecule has 0 aromatic heterocycles. The Bertz CT molecular complexity index is 558. The molecule has 0 aliphatic carbocycles. The van der Waals surface area contributed by atoms with Gasteiger partial charge in [-0.25, -0.2) is 12.7 Å². The second kappa shape index (κ2) is 7.24. The maximum absolute atomic E-state index is 12.9. The number of sulfonamides is 1. The molecular formula is C13H18F3NO3S. The summed E-state index contributed by atoms with van der Waals surface area (Å²) >= 11 is 0. The summed E-state index contributed by atoms with van der Waals surface area (Å²) in [4.78, 5) is -0.734. The average molecular weight is 325 g/mol. The number of hydrogen-bond donors (Lipinski definition) is 1. The maximum atomic E-state index is 12.9. The van der Waals surface area contributed by atoms with Crippen molar-refractivity contribution in [3.63, 3.8) is 0 Å². The minimum atomic E-state index is -4.72. The molecule has 8 heteroatoms. The molecule has 0 heterocycles. The lowest BCUT2D eigenvalue weighted by atomic mass is 10.2. The minimum Gasteiger partial charge on any atom is -0.396 e. The summed E-state index contributed by atoms with van der Waals surface area (Å²) in [5.74, 6) is 0. The Morgan fingerprint density at radius 1 is 1.14 bits per heavy atom. The van der Waals surface area contributed by atoms with Crippen LogP contribution in [0.25, 0.3) is 0 Å². The zero-order valence-electron chi connectivity index (χ0n) is 11.6. The van der Waals surface area contributed by atoms with Gasteiger partial charge >= 0.3 is 6.18 Å². The van der Waals surface area contributed by atoms with Gasteiger partial charge in [0.15, 0.2) is 0 Å². The van der Waals surface area contributed by atoms with Crippen LogP contribution in [0, 0.1) is 0 Å². The summed E-state index contributed by atoms with van der Waals surface area (Å²) in [5, 5.41) is 8.64. The minimum absolute atomic E-state index is 0.00731. The molecule has 0 saturated heterocycles. The molecular weight excluding hydrogens is 307 g/mol. The summed E-state index contributed by atoms with van der Waals surface area (Å²) in [6.45, 7) is 0.113. The van der Waals surface area contributed by atoms with E-state index in [1.54, 1.807) is 0 Å². The van der Waals surface area contributed by atoms with Crippen LogP contribution in [0.1, 0.15) is 24.8 Å². The smallest absolute Gasteiger partial charge is 0.396 e. The van der Waals surface area contributed by atoms with Crippen LogP contribution in [0.4, 0.5) is 13.2 Å². The highest BCUT2D eigenvalue weighted by molar-refractivity contribution is 7.89. The average Bonchev–Trinajstić information content (AvgIpc) is 2.42. The molecule has 1 aromatic carbocycles. The number of rotatable bonds is 7. The van der Waals surface area contributed by atoms with Gasteiger partial charge < -0.3 is 5.11 Å². The van der Waals surface area contributed by atoms with Gasteiger partial charge in [-0.2, -0.15) is 13.2 Å². The summed E-state index contributed by atoms with van der Waals surface area (Å²) in [5.41, 5.74) is -1.16. The Morgan fingerprint density at radius 3 is 2.33 bits per heavy atom. The van der Waals surface area contributed by atoms with Gasteiger partial charge in [-0.05, 0) is 31.4 Å².